The lowest BCUT2D eigenvalue weighted by atomic mass is 9.77. The number of anilines is 2. The first-order chi connectivity index (χ1) is 51.2. The number of unbranched alkanes of at least 4 members (excludes halogenated alkanes) is 5. The van der Waals surface area contributed by atoms with Crippen LogP contribution in [0.25, 0.3) is 10.9 Å². The number of nitrogens with two attached hydrogens (primary N) is 2. The lowest BCUT2D eigenvalue weighted by molar-refractivity contribution is -0.143. The summed E-state index contributed by atoms with van der Waals surface area (Å²) in [5, 5.41) is 42.7. The fraction of sp³-hybridized carbons (Fsp3) is 0.632. The van der Waals surface area contributed by atoms with Crippen molar-refractivity contribution in [2.45, 2.75) is 183 Å². The molecule has 4 aliphatic heterocycles. The number of allylic oxidation sites excluding steroid dienone is 1. The maximum absolute atomic E-state index is 11.8. The van der Waals surface area contributed by atoms with Crippen molar-refractivity contribution >= 4 is 72.6 Å². The molecule has 0 bridgehead atoms. The number of aliphatic hydroxyl groups is 1. The van der Waals surface area contributed by atoms with Gasteiger partial charge in [-0.1, -0.05) is 66.7 Å². The Morgan fingerprint density at radius 3 is 1.65 bits per heavy atom. The van der Waals surface area contributed by atoms with Crippen LogP contribution in [-0.4, -0.2) is 197 Å². The van der Waals surface area contributed by atoms with Crippen molar-refractivity contribution in [3.05, 3.63) is 82.0 Å². The standard InChI is InChI=1S/C18H22N2O4.C14H20BNO4.C11H17NO2.C10H15NO3.C8H13NO.C6H12NO3P.C6H12O2.C3H6O3/c1-3-4-7-23-10-15-16-13(9-24-15)12-8-11(18(21)22-2)5-6-14(12)20-17(16)19;1-13(2)14(3,4)20-15(19-13)10-8-9(12(17)18-5)6-7-11(10)16;1-3-4-5-13-8-11-10(6-12)9(2)7-14-11;1-2-3-4-13-7-10-8(5-11)9(12)6-14-10;1-2-3-7-10-8-5-4-6-9;1-3-9-11(8,6-5-7)10-4-2;1-2-3-5-8-6-4-7;1-6-3(5)2-4/h5-6,8,15H,3-4,7,9-10H2,1-2H3,(H2,19,20);6-8H,16H2,1-5H3;11H,3-5,7-8H2,1-2H3;8,10H,2-4,6-7H2,1H3;4-5H,2-3,7-8H2,1H3;3-4,6H2,1-2H3;4H,2-3,5-6H2,1H3;4H,2H2,1H3. The number of aliphatic hydroxyl groups excluding tert-OH is 1. The summed E-state index contributed by atoms with van der Waals surface area (Å²) in [5.41, 5.74) is 17.7. The zero-order valence-corrected chi connectivity index (χ0v) is 66.4. The molecule has 0 aliphatic carbocycles. The number of fused-ring (bicyclic) bond motifs is 3. The van der Waals surface area contributed by atoms with Crippen LogP contribution in [0, 0.1) is 51.2 Å². The maximum Gasteiger partial charge on any atom is 0.496 e. The van der Waals surface area contributed by atoms with Crippen LogP contribution in [0.1, 0.15) is 185 Å². The van der Waals surface area contributed by atoms with E-state index in [1.165, 1.54) is 27.4 Å². The van der Waals surface area contributed by atoms with Crippen molar-refractivity contribution in [3.8, 4) is 24.3 Å². The number of hydrogen-bond acceptors (Lipinski definition) is 29. The number of nitrogen functional groups attached to an aromatic ring is 2. The summed E-state index contributed by atoms with van der Waals surface area (Å²) < 4.78 is 89.2. The zero-order chi connectivity index (χ0) is 80.6. The molecule has 0 saturated carbocycles. The molecule has 0 amide bonds. The number of methoxy groups -OCH3 is 3. The van der Waals surface area contributed by atoms with Crippen molar-refractivity contribution in [3.63, 3.8) is 0 Å². The second-order valence-corrected chi connectivity index (χ2v) is 26.8. The number of carbonyl (C=O) groups excluding carboxylic acids is 5. The number of Topliss-reactive ketones (excluding diaryl/α,β-unsaturated/α-hetero) is 1. The molecular formula is C76H117BN7O22P. The SMILES string of the molecule is CCCCOCC1OCC(=O)C1C#N.CCCCOCC1OCC(C)=C1C#N.CCCCOCC1OCc2c1c(N)nc1ccc(C(=O)OC)cc21.CCCCOCC=CC#N.CCCCOCC=O.CCOP(=O)(CC#N)OCC.COC(=O)CO.COC(=O)c1ccc(N)c(B2OC(C)(C)C(C)(C)O2)c1. The molecule has 4 atom stereocenters. The minimum Gasteiger partial charge on any atom is -0.467 e. The van der Waals surface area contributed by atoms with Gasteiger partial charge in [-0.3, -0.25) is 9.36 Å². The van der Waals surface area contributed by atoms with Gasteiger partial charge in [-0.25, -0.2) is 19.4 Å². The largest absolute Gasteiger partial charge is 0.496 e. The second kappa shape index (κ2) is 58.4. The van der Waals surface area contributed by atoms with Crippen LogP contribution >= 0.6 is 7.60 Å². The first-order valence-electron chi connectivity index (χ1n) is 36.0. The Morgan fingerprint density at radius 1 is 0.682 bits per heavy atom. The predicted octanol–water partition coefficient (Wildman–Crippen LogP) is 11.1. The van der Waals surface area contributed by atoms with Crippen LogP contribution in [0.15, 0.2) is 59.7 Å². The summed E-state index contributed by atoms with van der Waals surface area (Å²) in [7, 11) is 0.254. The van der Waals surface area contributed by atoms with E-state index >= 15 is 0 Å². The van der Waals surface area contributed by atoms with E-state index in [1.54, 1.807) is 62.4 Å². The smallest absolute Gasteiger partial charge is 0.467 e. The highest BCUT2D eigenvalue weighted by Crippen LogP contribution is 2.47. The van der Waals surface area contributed by atoms with E-state index < -0.39 is 50.4 Å². The number of pyridine rings is 1. The summed E-state index contributed by atoms with van der Waals surface area (Å²) in [6.07, 6.45) is 13.9. The molecule has 2 fully saturated rings. The van der Waals surface area contributed by atoms with Gasteiger partial charge in [0.2, 0.25) is 0 Å². The average molecular weight is 1520 g/mol. The van der Waals surface area contributed by atoms with E-state index in [4.69, 9.17) is 103 Å². The molecule has 7 rings (SSSR count). The van der Waals surface area contributed by atoms with Gasteiger partial charge in [0.1, 0.15) is 62.3 Å². The highest BCUT2D eigenvalue weighted by atomic mass is 31.2. The van der Waals surface area contributed by atoms with Crippen LogP contribution in [0.3, 0.4) is 0 Å². The van der Waals surface area contributed by atoms with E-state index in [0.29, 0.717) is 94.2 Å². The van der Waals surface area contributed by atoms with Crippen LogP contribution in [-0.2, 0) is 96.0 Å². The normalized spacial score (nSPS) is 16.8. The number of hydrogen-bond donors (Lipinski definition) is 3. The molecule has 0 radical (unpaired) electrons. The maximum atomic E-state index is 11.8. The van der Waals surface area contributed by atoms with Crippen molar-refractivity contribution in [1.29, 1.82) is 21.0 Å². The molecule has 2 aromatic carbocycles. The monoisotopic (exact) mass is 1520 g/mol. The van der Waals surface area contributed by atoms with Gasteiger partial charge in [0.15, 0.2) is 5.78 Å². The van der Waals surface area contributed by atoms with Gasteiger partial charge in [-0.2, -0.15) is 21.0 Å². The van der Waals surface area contributed by atoms with Gasteiger partial charge in [0.05, 0.1) is 132 Å². The minimum atomic E-state index is -3.08. The number of aromatic nitrogens is 1. The number of benzene rings is 2. The van der Waals surface area contributed by atoms with E-state index in [0.717, 1.165) is 123 Å². The molecule has 107 heavy (non-hydrogen) atoms. The van der Waals surface area contributed by atoms with E-state index in [1.807, 2.05) is 46.8 Å². The minimum absolute atomic E-state index is 0.0556. The van der Waals surface area contributed by atoms with Crippen LogP contribution in [0.5, 0.6) is 0 Å². The summed E-state index contributed by atoms with van der Waals surface area (Å²) in [6, 6.07) is 18.0. The Labute approximate surface area is 633 Å². The summed E-state index contributed by atoms with van der Waals surface area (Å²) in [5.74, 6) is -1.68. The van der Waals surface area contributed by atoms with Gasteiger partial charge < -0.3 is 91.8 Å². The average Bonchev–Trinajstić information content (AvgIpc) is 1.67. The van der Waals surface area contributed by atoms with Crippen LogP contribution in [0.4, 0.5) is 11.5 Å². The van der Waals surface area contributed by atoms with E-state index in [2.05, 4.69) is 50.4 Å². The molecule has 5 N–H and O–H groups in total. The molecule has 596 valence electrons. The molecule has 4 aliphatic rings. The van der Waals surface area contributed by atoms with Gasteiger partial charge in [-0.15, -0.1) is 0 Å². The van der Waals surface area contributed by atoms with Crippen molar-refractivity contribution in [2.75, 3.05) is 138 Å². The number of nitrogens with zero attached hydrogens (tertiary/aromatic N) is 5. The lowest BCUT2D eigenvalue weighted by Gasteiger charge is -2.32. The Bertz CT molecular complexity index is 3350. The fourth-order valence-electron chi connectivity index (χ4n) is 9.23. The van der Waals surface area contributed by atoms with Gasteiger partial charge in [0.25, 0.3) is 0 Å². The molecule has 4 unspecified atom stereocenters. The number of aldehydes is 1. The third kappa shape index (κ3) is 38.4. The molecule has 3 aromatic rings. The Morgan fingerprint density at radius 2 is 1.19 bits per heavy atom. The lowest BCUT2D eigenvalue weighted by Crippen LogP contribution is -2.41. The number of ketones is 1. The van der Waals surface area contributed by atoms with Crippen molar-refractivity contribution in [2.24, 2.45) is 5.92 Å². The van der Waals surface area contributed by atoms with E-state index in [9.17, 15) is 28.5 Å². The van der Waals surface area contributed by atoms with Crippen LogP contribution < -0.4 is 16.9 Å². The fourth-order valence-corrected chi connectivity index (χ4v) is 10.4. The first kappa shape index (κ1) is 99.4. The van der Waals surface area contributed by atoms with Gasteiger partial charge in [-0.05, 0) is 134 Å². The second-order valence-electron chi connectivity index (χ2n) is 24.7. The highest BCUT2D eigenvalue weighted by molar-refractivity contribution is 7.54. The van der Waals surface area contributed by atoms with E-state index in [-0.39, 0.29) is 49.4 Å². The summed E-state index contributed by atoms with van der Waals surface area (Å²) in [4.78, 5) is 58.3. The number of nitriles is 4. The van der Waals surface area contributed by atoms with Gasteiger partial charge >= 0.3 is 32.6 Å². The van der Waals surface area contributed by atoms with Crippen molar-refractivity contribution in [1.82, 2.24) is 4.98 Å². The molecular weight excluding hydrogens is 1400 g/mol. The van der Waals surface area contributed by atoms with Gasteiger partial charge in [0, 0.05) is 61.2 Å². The Balaban J connectivity index is 0.00000124. The molecule has 2 saturated heterocycles. The third-order valence-electron chi connectivity index (χ3n) is 15.9. The summed E-state index contributed by atoms with van der Waals surface area (Å²) in [6.45, 7) is 30.7. The molecule has 1 aromatic heterocycles. The molecule has 5 heterocycles. The molecule has 0 spiro atoms. The first-order valence-corrected chi connectivity index (χ1v) is 37.8. The predicted molar refractivity (Wildman–Crippen MR) is 405 cm³/mol. The Kier molecular flexibility index (Phi) is 54.3. The number of esters is 3. The quantitative estimate of drug-likeness (QED) is 0.00730. The molecule has 29 nitrogen and oxygen atoms in total. The third-order valence-corrected chi connectivity index (χ3v) is 17.8. The summed E-state index contributed by atoms with van der Waals surface area (Å²) >= 11 is 0. The van der Waals surface area contributed by atoms with Crippen LogP contribution in [0.2, 0.25) is 0 Å². The highest BCUT2D eigenvalue weighted by Gasteiger charge is 2.52. The topological polar surface area (TPSA) is 421 Å². The number of ether oxygens (including phenoxy) is 11. The number of carbonyl (C=O) groups is 5. The Hall–Kier alpha value is -7.59. The zero-order valence-electron chi connectivity index (χ0n) is 65.5. The number of rotatable bonds is 34. The molecule has 31 heteroatoms. The van der Waals surface area contributed by atoms with Crippen molar-refractivity contribution < 1.29 is 104 Å².